The molecule has 1 amide bonds. The van der Waals surface area contributed by atoms with Crippen molar-refractivity contribution in [2.45, 2.75) is 51.4 Å². The minimum atomic E-state index is -0.562. The summed E-state index contributed by atoms with van der Waals surface area (Å²) in [5, 5.41) is 12.3. The number of hydrogen-bond acceptors (Lipinski definition) is 4. The molecule has 144 valence electrons. The van der Waals surface area contributed by atoms with Crippen LogP contribution < -0.4 is 10.1 Å². The normalized spacial score (nSPS) is 15.3. The van der Waals surface area contributed by atoms with Crippen LogP contribution in [0, 0.1) is 18.3 Å². The highest BCUT2D eigenvalue weighted by molar-refractivity contribution is 5.99. The van der Waals surface area contributed by atoms with Crippen LogP contribution in [0.3, 0.4) is 0 Å². The first-order valence-electron chi connectivity index (χ1n) is 9.56. The lowest BCUT2D eigenvalue weighted by Crippen LogP contribution is -2.42. The van der Waals surface area contributed by atoms with E-state index < -0.39 is 11.4 Å². The van der Waals surface area contributed by atoms with E-state index in [1.54, 1.807) is 12.1 Å². The largest absolute Gasteiger partial charge is 0.425 e. The van der Waals surface area contributed by atoms with Gasteiger partial charge in [0.15, 0.2) is 0 Å². The monoisotopic (exact) mass is 376 g/mol. The fraction of sp³-hybridized carbons (Fsp3) is 0.348. The van der Waals surface area contributed by atoms with E-state index in [0.717, 1.165) is 43.2 Å². The van der Waals surface area contributed by atoms with Gasteiger partial charge in [0.1, 0.15) is 11.8 Å². The maximum Gasteiger partial charge on any atom is 0.308 e. The average molecular weight is 376 g/mol. The third-order valence-corrected chi connectivity index (χ3v) is 5.36. The average Bonchev–Trinajstić information content (AvgIpc) is 2.69. The molecule has 5 nitrogen and oxygen atoms in total. The third kappa shape index (κ3) is 4.07. The molecule has 3 rings (SSSR count). The molecule has 0 saturated heterocycles. The SMILES string of the molecule is CC(=O)Oc1ccc(NC(=O)C2(c3ccc(C)cc3)CCCCC2)cc1C#N. The minimum absolute atomic E-state index is 0.0554. The maximum atomic E-state index is 13.4. The number of nitrogens with zero attached hydrogens (tertiary/aromatic N) is 1. The summed E-state index contributed by atoms with van der Waals surface area (Å²) < 4.78 is 5.04. The molecule has 1 N–H and O–H groups in total. The second-order valence-electron chi connectivity index (χ2n) is 7.38. The molecule has 1 aliphatic carbocycles. The summed E-state index contributed by atoms with van der Waals surface area (Å²) in [6.07, 6.45) is 4.76. The molecule has 0 aromatic heterocycles. The van der Waals surface area contributed by atoms with Crippen LogP contribution >= 0.6 is 0 Å². The van der Waals surface area contributed by atoms with Gasteiger partial charge in [0.2, 0.25) is 5.91 Å². The van der Waals surface area contributed by atoms with E-state index in [1.165, 1.54) is 13.0 Å². The predicted molar refractivity (Wildman–Crippen MR) is 107 cm³/mol. The van der Waals surface area contributed by atoms with Gasteiger partial charge in [-0.3, -0.25) is 9.59 Å². The number of anilines is 1. The number of benzene rings is 2. The fourth-order valence-electron chi connectivity index (χ4n) is 3.86. The molecule has 0 radical (unpaired) electrons. The summed E-state index contributed by atoms with van der Waals surface area (Å²) in [4.78, 5) is 24.5. The molecule has 5 heteroatoms. The molecule has 2 aromatic carbocycles. The lowest BCUT2D eigenvalue weighted by atomic mass is 9.68. The summed E-state index contributed by atoms with van der Waals surface area (Å²) in [5.41, 5.74) is 2.37. The summed E-state index contributed by atoms with van der Waals surface area (Å²) in [6.45, 7) is 3.32. The molecule has 1 saturated carbocycles. The van der Waals surface area contributed by atoms with Crippen molar-refractivity contribution in [3.63, 3.8) is 0 Å². The van der Waals surface area contributed by atoms with Gasteiger partial charge in [0.05, 0.1) is 11.0 Å². The number of carbonyl (C=O) groups is 2. The van der Waals surface area contributed by atoms with Gasteiger partial charge in [-0.2, -0.15) is 5.26 Å². The van der Waals surface area contributed by atoms with Gasteiger partial charge in [-0.1, -0.05) is 49.1 Å². The topological polar surface area (TPSA) is 79.2 Å². The van der Waals surface area contributed by atoms with E-state index in [4.69, 9.17) is 4.74 Å². The molecule has 2 aromatic rings. The van der Waals surface area contributed by atoms with Crippen molar-refractivity contribution in [3.05, 3.63) is 59.2 Å². The lowest BCUT2D eigenvalue weighted by Gasteiger charge is -2.36. The first-order valence-corrected chi connectivity index (χ1v) is 9.56. The van der Waals surface area contributed by atoms with Crippen molar-refractivity contribution in [1.82, 2.24) is 0 Å². The van der Waals surface area contributed by atoms with E-state index in [-0.39, 0.29) is 17.2 Å². The molecule has 0 aliphatic heterocycles. The maximum absolute atomic E-state index is 13.4. The molecule has 28 heavy (non-hydrogen) atoms. The Hall–Kier alpha value is -3.13. The van der Waals surface area contributed by atoms with E-state index in [0.29, 0.717) is 5.69 Å². The van der Waals surface area contributed by atoms with Crippen LogP contribution in [0.15, 0.2) is 42.5 Å². The highest BCUT2D eigenvalue weighted by Gasteiger charge is 2.41. The standard InChI is InChI=1S/C23H24N2O3/c1-16-6-8-19(9-7-16)23(12-4-3-5-13-23)22(27)25-20-10-11-21(28-17(2)26)18(14-20)15-24/h6-11,14H,3-5,12-13H2,1-2H3,(H,25,27). The van der Waals surface area contributed by atoms with E-state index in [9.17, 15) is 14.9 Å². The number of nitriles is 1. The molecule has 0 heterocycles. The number of hydrogen-bond donors (Lipinski definition) is 1. The molecule has 0 bridgehead atoms. The van der Waals surface area contributed by atoms with Gasteiger partial charge in [0.25, 0.3) is 0 Å². The molecular formula is C23H24N2O3. The number of aryl methyl sites for hydroxylation is 1. The van der Waals surface area contributed by atoms with Gasteiger partial charge in [-0.25, -0.2) is 0 Å². The van der Waals surface area contributed by atoms with Crippen LogP contribution in [0.2, 0.25) is 0 Å². The van der Waals surface area contributed by atoms with Crippen molar-refractivity contribution in [1.29, 1.82) is 5.26 Å². The zero-order valence-corrected chi connectivity index (χ0v) is 16.2. The first kappa shape index (κ1) is 19.6. The zero-order valence-electron chi connectivity index (χ0n) is 16.2. The summed E-state index contributed by atoms with van der Waals surface area (Å²) >= 11 is 0. The van der Waals surface area contributed by atoms with Crippen molar-refractivity contribution >= 4 is 17.6 Å². The zero-order chi connectivity index (χ0) is 20.1. The minimum Gasteiger partial charge on any atom is -0.425 e. The van der Waals surface area contributed by atoms with Gasteiger partial charge >= 0.3 is 5.97 Å². The third-order valence-electron chi connectivity index (χ3n) is 5.36. The lowest BCUT2D eigenvalue weighted by molar-refractivity contribution is -0.132. The number of ether oxygens (including phenoxy) is 1. The van der Waals surface area contributed by atoms with Crippen LogP contribution in [0.1, 0.15) is 55.7 Å². The number of rotatable bonds is 4. The van der Waals surface area contributed by atoms with Gasteiger partial charge in [-0.05, 0) is 43.5 Å². The quantitative estimate of drug-likeness (QED) is 0.623. The smallest absolute Gasteiger partial charge is 0.308 e. The van der Waals surface area contributed by atoms with E-state index >= 15 is 0 Å². The number of amides is 1. The Balaban J connectivity index is 1.89. The Kier molecular flexibility index (Phi) is 5.79. The second kappa shape index (κ2) is 8.26. The number of carbonyl (C=O) groups excluding carboxylic acids is 2. The number of esters is 1. The summed E-state index contributed by atoms with van der Waals surface area (Å²) in [6, 6.07) is 14.9. The fourth-order valence-corrected chi connectivity index (χ4v) is 3.86. The van der Waals surface area contributed by atoms with Crippen molar-refractivity contribution in [3.8, 4) is 11.8 Å². The van der Waals surface area contributed by atoms with E-state index in [2.05, 4.69) is 5.32 Å². The Morgan fingerprint density at radius 1 is 1.07 bits per heavy atom. The van der Waals surface area contributed by atoms with Gasteiger partial charge in [-0.15, -0.1) is 0 Å². The van der Waals surface area contributed by atoms with Gasteiger partial charge in [0, 0.05) is 12.6 Å². The molecule has 1 aliphatic rings. The Morgan fingerprint density at radius 3 is 2.36 bits per heavy atom. The van der Waals surface area contributed by atoms with Crippen molar-refractivity contribution in [2.75, 3.05) is 5.32 Å². The number of nitrogens with one attached hydrogen (secondary N) is 1. The molecule has 0 unspecified atom stereocenters. The van der Waals surface area contributed by atoms with Gasteiger partial charge < -0.3 is 10.1 Å². The molecule has 0 atom stereocenters. The molecule has 1 fully saturated rings. The Labute approximate surface area is 165 Å². The Morgan fingerprint density at radius 2 is 1.75 bits per heavy atom. The second-order valence-corrected chi connectivity index (χ2v) is 7.38. The predicted octanol–water partition coefficient (Wildman–Crippen LogP) is 4.63. The van der Waals surface area contributed by atoms with Crippen molar-refractivity contribution in [2.24, 2.45) is 0 Å². The van der Waals surface area contributed by atoms with Crippen LogP contribution in [-0.2, 0) is 15.0 Å². The molecule has 0 spiro atoms. The molecular weight excluding hydrogens is 352 g/mol. The highest BCUT2D eigenvalue weighted by atomic mass is 16.5. The van der Waals surface area contributed by atoms with Crippen LogP contribution in [0.25, 0.3) is 0 Å². The first-order chi connectivity index (χ1) is 13.4. The summed E-state index contributed by atoms with van der Waals surface area (Å²) in [5.74, 6) is -0.354. The Bertz CT molecular complexity index is 920. The summed E-state index contributed by atoms with van der Waals surface area (Å²) in [7, 11) is 0. The van der Waals surface area contributed by atoms with Crippen LogP contribution in [-0.4, -0.2) is 11.9 Å². The van der Waals surface area contributed by atoms with Crippen LogP contribution in [0.5, 0.6) is 5.75 Å². The highest BCUT2D eigenvalue weighted by Crippen LogP contribution is 2.40. The van der Waals surface area contributed by atoms with Crippen LogP contribution in [0.4, 0.5) is 5.69 Å². The van der Waals surface area contributed by atoms with E-state index in [1.807, 2.05) is 37.3 Å². The van der Waals surface area contributed by atoms with Crippen molar-refractivity contribution < 1.29 is 14.3 Å².